The second kappa shape index (κ2) is 10.5. The maximum Gasteiger partial charge on any atom is 0.248 e. The van der Waals surface area contributed by atoms with E-state index >= 15 is 0 Å². The molecule has 7 nitrogen and oxygen atoms in total. The maximum absolute atomic E-state index is 13.0. The molecule has 0 radical (unpaired) electrons. The number of amides is 2. The van der Waals surface area contributed by atoms with Gasteiger partial charge in [-0.05, 0) is 31.0 Å². The van der Waals surface area contributed by atoms with E-state index in [1.807, 2.05) is 66.7 Å². The van der Waals surface area contributed by atoms with Gasteiger partial charge in [-0.3, -0.25) is 9.59 Å². The molecule has 0 unspecified atom stereocenters. The van der Waals surface area contributed by atoms with Crippen molar-refractivity contribution < 1.29 is 14.0 Å². The Morgan fingerprint density at radius 1 is 0.917 bits per heavy atom. The normalized spacial score (nSPS) is 13.1. The van der Waals surface area contributed by atoms with Crippen molar-refractivity contribution in [3.05, 3.63) is 90.3 Å². The van der Waals surface area contributed by atoms with Crippen LogP contribution in [0.4, 0.5) is 11.4 Å². The first-order valence-corrected chi connectivity index (χ1v) is 12.2. The zero-order valence-corrected chi connectivity index (χ0v) is 19.9. The highest BCUT2D eigenvalue weighted by molar-refractivity contribution is 5.99. The van der Waals surface area contributed by atoms with Crippen molar-refractivity contribution in [2.75, 3.05) is 23.3 Å². The molecular formula is C29H28N4O3. The second-order valence-corrected chi connectivity index (χ2v) is 8.86. The maximum atomic E-state index is 13.0. The number of hydrogen-bond donors (Lipinski definition) is 2. The summed E-state index contributed by atoms with van der Waals surface area (Å²) in [6.07, 6.45) is 2.72. The first kappa shape index (κ1) is 23.4. The largest absolute Gasteiger partial charge is 0.440 e. The van der Waals surface area contributed by atoms with E-state index < -0.39 is 5.91 Å². The molecule has 1 fully saturated rings. The Hall–Kier alpha value is -4.39. The van der Waals surface area contributed by atoms with E-state index in [9.17, 15) is 9.59 Å². The Morgan fingerprint density at radius 2 is 1.58 bits per heavy atom. The first-order valence-electron chi connectivity index (χ1n) is 12.2. The average Bonchev–Trinajstić information content (AvgIpc) is 3.59. The molecule has 1 aliphatic rings. The van der Waals surface area contributed by atoms with Crippen molar-refractivity contribution in [2.24, 2.45) is 5.73 Å². The molecule has 2 amide bonds. The van der Waals surface area contributed by atoms with Crippen molar-refractivity contribution >= 4 is 23.2 Å². The molecule has 182 valence electrons. The lowest BCUT2D eigenvalue weighted by atomic mass is 10.1. The van der Waals surface area contributed by atoms with Gasteiger partial charge in [0.05, 0.1) is 11.4 Å². The van der Waals surface area contributed by atoms with Gasteiger partial charge in [-0.2, -0.15) is 0 Å². The van der Waals surface area contributed by atoms with Crippen LogP contribution < -0.4 is 16.0 Å². The molecule has 0 bridgehead atoms. The van der Waals surface area contributed by atoms with Crippen LogP contribution in [0.5, 0.6) is 0 Å². The minimum Gasteiger partial charge on any atom is -0.440 e. The molecule has 1 saturated heterocycles. The summed E-state index contributed by atoms with van der Waals surface area (Å²) in [6, 6.07) is 24.9. The van der Waals surface area contributed by atoms with Crippen molar-refractivity contribution in [1.29, 1.82) is 0 Å². The number of nitrogens with two attached hydrogens (primary N) is 1. The number of oxazole rings is 1. The number of aryl methyl sites for hydroxylation is 1. The van der Waals surface area contributed by atoms with Crippen LogP contribution in [0.15, 0.2) is 83.3 Å². The number of nitrogens with one attached hydrogen (secondary N) is 1. The Kier molecular flexibility index (Phi) is 6.80. The van der Waals surface area contributed by atoms with Crippen LogP contribution in [0.2, 0.25) is 0 Å². The highest BCUT2D eigenvalue weighted by Crippen LogP contribution is 2.33. The number of aromatic nitrogens is 1. The number of carbonyl (C=O) groups is 2. The first-order chi connectivity index (χ1) is 17.6. The van der Waals surface area contributed by atoms with Gasteiger partial charge in [0.25, 0.3) is 0 Å². The quantitative estimate of drug-likeness (QED) is 0.357. The SMILES string of the molecule is NC(=O)c1ccc(N2CCCC2)c(NC(=O)CCc2nc(-c3ccccc3)c(-c3ccccc3)o2)c1. The molecule has 4 aromatic rings. The minimum absolute atomic E-state index is 0.183. The number of rotatable bonds is 8. The summed E-state index contributed by atoms with van der Waals surface area (Å²) >= 11 is 0. The minimum atomic E-state index is -0.528. The van der Waals surface area contributed by atoms with Gasteiger partial charge in [-0.25, -0.2) is 4.98 Å². The van der Waals surface area contributed by atoms with Gasteiger partial charge < -0.3 is 20.4 Å². The zero-order valence-electron chi connectivity index (χ0n) is 19.9. The standard InChI is InChI=1S/C29H28N4O3/c30-29(35)22-13-14-24(33-17-7-8-18-33)23(19-22)31-25(34)15-16-26-32-27(20-9-3-1-4-10-20)28(36-26)21-11-5-2-6-12-21/h1-6,9-14,19H,7-8,15-18H2,(H2,30,35)(H,31,34). The summed E-state index contributed by atoms with van der Waals surface area (Å²) in [7, 11) is 0. The molecule has 1 aromatic heterocycles. The Morgan fingerprint density at radius 3 is 2.25 bits per heavy atom. The average molecular weight is 481 g/mol. The number of nitrogens with zero attached hydrogens (tertiary/aromatic N) is 2. The van der Waals surface area contributed by atoms with Gasteiger partial charge in [-0.15, -0.1) is 0 Å². The van der Waals surface area contributed by atoms with Gasteiger partial charge in [0, 0.05) is 42.6 Å². The van der Waals surface area contributed by atoms with Gasteiger partial charge in [-0.1, -0.05) is 60.7 Å². The van der Waals surface area contributed by atoms with Crippen molar-refractivity contribution in [3.63, 3.8) is 0 Å². The number of benzene rings is 3. The van der Waals surface area contributed by atoms with E-state index in [4.69, 9.17) is 15.1 Å². The van der Waals surface area contributed by atoms with Crippen LogP contribution in [-0.2, 0) is 11.2 Å². The molecule has 0 saturated carbocycles. The van der Waals surface area contributed by atoms with Gasteiger partial charge in [0.15, 0.2) is 11.7 Å². The fourth-order valence-corrected chi connectivity index (χ4v) is 4.50. The highest BCUT2D eigenvalue weighted by atomic mass is 16.4. The predicted octanol–water partition coefficient (Wildman–Crippen LogP) is 5.28. The Bertz CT molecular complexity index is 1300. The summed E-state index contributed by atoms with van der Waals surface area (Å²) in [6.45, 7) is 1.83. The van der Waals surface area contributed by atoms with Crippen LogP contribution in [-0.4, -0.2) is 29.9 Å². The molecule has 0 aliphatic carbocycles. The van der Waals surface area contributed by atoms with Crippen LogP contribution in [0.1, 0.15) is 35.5 Å². The number of hydrogen-bond acceptors (Lipinski definition) is 5. The molecule has 0 spiro atoms. The molecule has 2 heterocycles. The van der Waals surface area contributed by atoms with E-state index in [2.05, 4.69) is 10.2 Å². The van der Waals surface area contributed by atoms with Gasteiger partial charge >= 0.3 is 0 Å². The lowest BCUT2D eigenvalue weighted by molar-refractivity contribution is -0.116. The van der Waals surface area contributed by atoms with E-state index in [0.29, 0.717) is 29.3 Å². The lowest BCUT2D eigenvalue weighted by Crippen LogP contribution is -2.22. The third-order valence-electron chi connectivity index (χ3n) is 6.32. The van der Waals surface area contributed by atoms with E-state index in [-0.39, 0.29) is 12.3 Å². The summed E-state index contributed by atoms with van der Waals surface area (Å²) in [5.41, 5.74) is 9.97. The molecule has 5 rings (SSSR count). The van der Waals surface area contributed by atoms with Crippen molar-refractivity contribution in [3.8, 4) is 22.6 Å². The van der Waals surface area contributed by atoms with Gasteiger partial charge in [0.1, 0.15) is 5.69 Å². The van der Waals surface area contributed by atoms with Crippen molar-refractivity contribution in [2.45, 2.75) is 25.7 Å². The van der Waals surface area contributed by atoms with Crippen molar-refractivity contribution in [1.82, 2.24) is 4.98 Å². The molecule has 0 atom stereocenters. The van der Waals surface area contributed by atoms with E-state index in [1.165, 1.54) is 0 Å². The molecule has 7 heteroatoms. The summed E-state index contributed by atoms with van der Waals surface area (Å²) in [5, 5.41) is 2.98. The number of carbonyl (C=O) groups excluding carboxylic acids is 2. The summed E-state index contributed by atoms with van der Waals surface area (Å²) in [5.74, 6) is 0.467. The third-order valence-corrected chi connectivity index (χ3v) is 6.32. The van der Waals surface area contributed by atoms with Crippen LogP contribution >= 0.6 is 0 Å². The zero-order chi connectivity index (χ0) is 24.9. The third kappa shape index (κ3) is 5.15. The number of primary amides is 1. The summed E-state index contributed by atoms with van der Waals surface area (Å²) in [4.78, 5) is 31.6. The van der Waals surface area contributed by atoms with Gasteiger partial charge in [0.2, 0.25) is 11.8 Å². The second-order valence-electron chi connectivity index (χ2n) is 8.86. The molecule has 1 aliphatic heterocycles. The molecular weight excluding hydrogens is 452 g/mol. The predicted molar refractivity (Wildman–Crippen MR) is 141 cm³/mol. The van der Waals surface area contributed by atoms with Crippen LogP contribution in [0, 0.1) is 0 Å². The fraction of sp³-hybridized carbons (Fsp3) is 0.207. The number of anilines is 2. The highest BCUT2D eigenvalue weighted by Gasteiger charge is 2.20. The van der Waals surface area contributed by atoms with E-state index in [1.54, 1.807) is 12.1 Å². The topological polar surface area (TPSA) is 101 Å². The van der Waals surface area contributed by atoms with Crippen LogP contribution in [0.25, 0.3) is 22.6 Å². The monoisotopic (exact) mass is 480 g/mol. The summed E-state index contributed by atoms with van der Waals surface area (Å²) < 4.78 is 6.15. The molecule has 3 aromatic carbocycles. The molecule has 36 heavy (non-hydrogen) atoms. The lowest BCUT2D eigenvalue weighted by Gasteiger charge is -2.22. The van der Waals surface area contributed by atoms with E-state index in [0.717, 1.165) is 48.4 Å². The Labute approximate surface area is 210 Å². The fourth-order valence-electron chi connectivity index (χ4n) is 4.50. The van der Waals surface area contributed by atoms with Crippen LogP contribution in [0.3, 0.4) is 0 Å². The molecule has 3 N–H and O–H groups in total. The smallest absolute Gasteiger partial charge is 0.248 e. The Balaban J connectivity index is 1.35.